The van der Waals surface area contributed by atoms with E-state index in [2.05, 4.69) is 15.3 Å². The van der Waals surface area contributed by atoms with E-state index in [4.69, 9.17) is 5.11 Å². The average Bonchev–Trinajstić information content (AvgIpc) is 2.62. The summed E-state index contributed by atoms with van der Waals surface area (Å²) in [5.41, 5.74) is 2.86. The van der Waals surface area contributed by atoms with Crippen molar-refractivity contribution in [2.45, 2.75) is 5.16 Å². The molecule has 0 unspecified atom stereocenters. The van der Waals surface area contributed by atoms with Gasteiger partial charge in [0.1, 0.15) is 5.82 Å². The van der Waals surface area contributed by atoms with Gasteiger partial charge in [-0.3, -0.25) is 0 Å². The molecule has 5 nitrogen and oxygen atoms in total. The maximum absolute atomic E-state index is 10.9. The molecule has 0 saturated carbocycles. The summed E-state index contributed by atoms with van der Waals surface area (Å²) in [5, 5.41) is 12.8. The molecule has 0 aliphatic heterocycles. The first kappa shape index (κ1) is 16.0. The van der Waals surface area contributed by atoms with Gasteiger partial charge >= 0.3 is 5.97 Å². The number of hydrogen-bond donors (Lipinski definition) is 2. The number of aromatic carboxylic acids is 1. The first-order valence-corrected chi connectivity index (χ1v) is 8.47. The van der Waals surface area contributed by atoms with Gasteiger partial charge in [0.2, 0.25) is 0 Å². The van der Waals surface area contributed by atoms with Gasteiger partial charge in [-0.1, -0.05) is 42.1 Å². The Kier molecular flexibility index (Phi) is 4.77. The van der Waals surface area contributed by atoms with Crippen molar-refractivity contribution in [1.29, 1.82) is 0 Å². The van der Waals surface area contributed by atoms with Crippen molar-refractivity contribution in [2.75, 3.05) is 11.6 Å². The minimum atomic E-state index is -0.945. The van der Waals surface area contributed by atoms with E-state index in [1.807, 2.05) is 42.7 Å². The van der Waals surface area contributed by atoms with E-state index in [1.54, 1.807) is 24.3 Å². The molecular formula is C18H15N3O2S. The second-order valence-corrected chi connectivity index (χ2v) is 5.77. The number of carboxylic acids is 1. The van der Waals surface area contributed by atoms with Gasteiger partial charge in [-0.15, -0.1) is 0 Å². The molecule has 0 bridgehead atoms. The van der Waals surface area contributed by atoms with Gasteiger partial charge in [-0.05, 0) is 30.5 Å². The molecule has 0 amide bonds. The van der Waals surface area contributed by atoms with E-state index in [0.717, 1.165) is 16.9 Å². The Balaban J connectivity index is 1.91. The summed E-state index contributed by atoms with van der Waals surface area (Å²) in [6.45, 7) is 0. The average molecular weight is 337 g/mol. The summed E-state index contributed by atoms with van der Waals surface area (Å²) in [6, 6.07) is 18.3. The fourth-order valence-electron chi connectivity index (χ4n) is 2.18. The molecule has 0 aliphatic rings. The minimum Gasteiger partial charge on any atom is -0.478 e. The van der Waals surface area contributed by atoms with E-state index in [0.29, 0.717) is 11.0 Å². The number of thioether (sulfide) groups is 1. The Bertz CT molecular complexity index is 852. The lowest BCUT2D eigenvalue weighted by Gasteiger charge is -2.09. The number of rotatable bonds is 5. The Morgan fingerprint density at radius 1 is 1.04 bits per heavy atom. The van der Waals surface area contributed by atoms with Crippen molar-refractivity contribution >= 4 is 29.2 Å². The summed E-state index contributed by atoms with van der Waals surface area (Å²) in [6.07, 6.45) is 1.93. The van der Waals surface area contributed by atoms with Crippen LogP contribution in [0.2, 0.25) is 0 Å². The largest absolute Gasteiger partial charge is 0.478 e. The molecule has 1 heterocycles. The fourth-order valence-corrected chi connectivity index (χ4v) is 2.56. The van der Waals surface area contributed by atoms with Crippen LogP contribution in [0.1, 0.15) is 10.4 Å². The number of carboxylic acid groups (broad SMARTS) is 1. The lowest BCUT2D eigenvalue weighted by atomic mass is 10.1. The smallest absolute Gasteiger partial charge is 0.335 e. The van der Waals surface area contributed by atoms with Crippen molar-refractivity contribution in [1.82, 2.24) is 9.97 Å². The minimum absolute atomic E-state index is 0.248. The quantitative estimate of drug-likeness (QED) is 0.534. The SMILES string of the molecule is CSc1nc(Nc2ccc(C(=O)O)cc2)cc(-c2ccccc2)n1. The summed E-state index contributed by atoms with van der Waals surface area (Å²) in [5.74, 6) is -0.282. The predicted molar refractivity (Wildman–Crippen MR) is 95.9 cm³/mol. The van der Waals surface area contributed by atoms with Crippen molar-refractivity contribution in [3.05, 3.63) is 66.2 Å². The molecule has 0 saturated heterocycles. The van der Waals surface area contributed by atoms with Crippen LogP contribution >= 0.6 is 11.8 Å². The maximum Gasteiger partial charge on any atom is 0.335 e. The summed E-state index contributed by atoms with van der Waals surface area (Å²) >= 11 is 1.47. The van der Waals surface area contributed by atoms with E-state index in [1.165, 1.54) is 11.8 Å². The van der Waals surface area contributed by atoms with Gasteiger partial charge < -0.3 is 10.4 Å². The van der Waals surface area contributed by atoms with Gasteiger partial charge in [0.15, 0.2) is 5.16 Å². The van der Waals surface area contributed by atoms with Crippen molar-refractivity contribution < 1.29 is 9.90 Å². The third-order valence-corrected chi connectivity index (χ3v) is 3.91. The van der Waals surface area contributed by atoms with Gasteiger partial charge in [-0.2, -0.15) is 0 Å². The molecule has 1 aromatic heterocycles. The van der Waals surface area contributed by atoms with Crippen LogP contribution in [0.4, 0.5) is 11.5 Å². The molecule has 120 valence electrons. The van der Waals surface area contributed by atoms with E-state index >= 15 is 0 Å². The molecule has 0 atom stereocenters. The van der Waals surface area contributed by atoms with Gasteiger partial charge in [0, 0.05) is 17.3 Å². The first-order valence-electron chi connectivity index (χ1n) is 7.24. The number of nitrogens with zero attached hydrogens (tertiary/aromatic N) is 2. The van der Waals surface area contributed by atoms with Crippen LogP contribution in [0.5, 0.6) is 0 Å². The van der Waals surface area contributed by atoms with Crippen LogP contribution in [0.25, 0.3) is 11.3 Å². The van der Waals surface area contributed by atoms with Crippen LogP contribution in [0, 0.1) is 0 Å². The van der Waals surface area contributed by atoms with E-state index in [9.17, 15) is 4.79 Å². The maximum atomic E-state index is 10.9. The van der Waals surface area contributed by atoms with Crippen LogP contribution in [-0.2, 0) is 0 Å². The molecule has 3 aromatic rings. The molecule has 0 aliphatic carbocycles. The third kappa shape index (κ3) is 3.72. The third-order valence-electron chi connectivity index (χ3n) is 3.36. The number of carbonyl (C=O) groups is 1. The highest BCUT2D eigenvalue weighted by Crippen LogP contribution is 2.24. The molecule has 6 heteroatoms. The Morgan fingerprint density at radius 2 is 1.75 bits per heavy atom. The lowest BCUT2D eigenvalue weighted by molar-refractivity contribution is 0.0697. The van der Waals surface area contributed by atoms with Crippen molar-refractivity contribution in [3.63, 3.8) is 0 Å². The summed E-state index contributed by atoms with van der Waals surface area (Å²) < 4.78 is 0. The van der Waals surface area contributed by atoms with Gasteiger partial charge in [0.25, 0.3) is 0 Å². The highest BCUT2D eigenvalue weighted by Gasteiger charge is 2.07. The molecule has 0 spiro atoms. The molecule has 2 aromatic carbocycles. The number of anilines is 2. The standard InChI is InChI=1S/C18H15N3O2S/c1-24-18-20-15(12-5-3-2-4-6-12)11-16(21-18)19-14-9-7-13(8-10-14)17(22)23/h2-11H,1H3,(H,22,23)(H,19,20,21). The highest BCUT2D eigenvalue weighted by atomic mass is 32.2. The van der Waals surface area contributed by atoms with Gasteiger partial charge in [-0.25, -0.2) is 14.8 Å². The monoisotopic (exact) mass is 337 g/mol. The number of benzene rings is 2. The molecule has 0 fully saturated rings. The molecule has 0 radical (unpaired) electrons. The zero-order valence-corrected chi connectivity index (χ0v) is 13.7. The molecule has 24 heavy (non-hydrogen) atoms. The van der Waals surface area contributed by atoms with E-state index < -0.39 is 5.97 Å². The van der Waals surface area contributed by atoms with Crippen molar-refractivity contribution in [3.8, 4) is 11.3 Å². The predicted octanol–water partition coefficient (Wildman–Crippen LogP) is 4.31. The molecular weight excluding hydrogens is 322 g/mol. The Labute approximate surface area is 143 Å². The Hall–Kier alpha value is -2.86. The lowest BCUT2D eigenvalue weighted by Crippen LogP contribution is -1.99. The normalized spacial score (nSPS) is 10.4. The van der Waals surface area contributed by atoms with Crippen LogP contribution in [0.3, 0.4) is 0 Å². The van der Waals surface area contributed by atoms with Crippen molar-refractivity contribution in [2.24, 2.45) is 0 Å². The highest BCUT2D eigenvalue weighted by molar-refractivity contribution is 7.98. The van der Waals surface area contributed by atoms with Crippen LogP contribution < -0.4 is 5.32 Å². The summed E-state index contributed by atoms with van der Waals surface area (Å²) in [7, 11) is 0. The van der Waals surface area contributed by atoms with Crippen LogP contribution in [0.15, 0.2) is 65.8 Å². The number of nitrogens with one attached hydrogen (secondary N) is 1. The molecule has 2 N–H and O–H groups in total. The van der Waals surface area contributed by atoms with Gasteiger partial charge in [0.05, 0.1) is 11.3 Å². The van der Waals surface area contributed by atoms with E-state index in [-0.39, 0.29) is 5.56 Å². The zero-order chi connectivity index (χ0) is 16.9. The second kappa shape index (κ2) is 7.14. The summed E-state index contributed by atoms with van der Waals surface area (Å²) in [4.78, 5) is 19.9. The van der Waals surface area contributed by atoms with Crippen LogP contribution in [-0.4, -0.2) is 27.3 Å². The molecule has 3 rings (SSSR count). The number of hydrogen-bond acceptors (Lipinski definition) is 5. The zero-order valence-electron chi connectivity index (χ0n) is 12.9. The first-order chi connectivity index (χ1) is 11.7. The fraction of sp³-hybridized carbons (Fsp3) is 0.0556. The second-order valence-electron chi connectivity index (χ2n) is 5.00. The number of aromatic nitrogens is 2. The topological polar surface area (TPSA) is 75.1 Å². The Morgan fingerprint density at radius 3 is 2.38 bits per heavy atom.